The zero-order chi connectivity index (χ0) is 13.7. The SMILES string of the molecule is CC(C)CN(CC(=O)c1cccn1C)CC(C)C. The van der Waals surface area contributed by atoms with Crippen molar-refractivity contribution >= 4 is 5.78 Å². The van der Waals surface area contributed by atoms with Crippen molar-refractivity contribution in [1.29, 1.82) is 0 Å². The van der Waals surface area contributed by atoms with Crippen molar-refractivity contribution in [3.05, 3.63) is 24.0 Å². The first-order valence-corrected chi connectivity index (χ1v) is 6.77. The van der Waals surface area contributed by atoms with Gasteiger partial charge in [0.1, 0.15) is 0 Å². The molecule has 0 spiro atoms. The molecule has 18 heavy (non-hydrogen) atoms. The van der Waals surface area contributed by atoms with Crippen LogP contribution in [0.1, 0.15) is 38.2 Å². The third-order valence-electron chi connectivity index (χ3n) is 2.84. The summed E-state index contributed by atoms with van der Waals surface area (Å²) in [5, 5.41) is 0. The lowest BCUT2D eigenvalue weighted by atomic mass is 10.1. The lowest BCUT2D eigenvalue weighted by molar-refractivity contribution is 0.0904. The van der Waals surface area contributed by atoms with E-state index in [1.54, 1.807) is 0 Å². The number of nitrogens with zero attached hydrogens (tertiary/aromatic N) is 2. The molecule has 1 aromatic heterocycles. The summed E-state index contributed by atoms with van der Waals surface area (Å²) in [7, 11) is 1.92. The van der Waals surface area contributed by atoms with Crippen LogP contribution in [0.2, 0.25) is 0 Å². The number of aromatic nitrogens is 1. The van der Waals surface area contributed by atoms with Crippen LogP contribution in [0, 0.1) is 11.8 Å². The predicted molar refractivity (Wildman–Crippen MR) is 75.9 cm³/mol. The Morgan fingerprint density at radius 2 is 1.78 bits per heavy atom. The Kier molecular flexibility index (Phi) is 5.60. The highest BCUT2D eigenvalue weighted by Gasteiger charge is 2.16. The Balaban J connectivity index is 2.65. The second kappa shape index (κ2) is 6.74. The van der Waals surface area contributed by atoms with Crippen molar-refractivity contribution in [3.63, 3.8) is 0 Å². The van der Waals surface area contributed by atoms with E-state index in [-0.39, 0.29) is 5.78 Å². The van der Waals surface area contributed by atoms with Gasteiger partial charge in [0, 0.05) is 26.3 Å². The molecule has 0 atom stereocenters. The van der Waals surface area contributed by atoms with Gasteiger partial charge in [-0.1, -0.05) is 27.7 Å². The molecule has 0 radical (unpaired) electrons. The molecule has 1 heterocycles. The van der Waals surface area contributed by atoms with E-state index in [4.69, 9.17) is 0 Å². The fraction of sp³-hybridized carbons (Fsp3) is 0.667. The van der Waals surface area contributed by atoms with Crippen LogP contribution in [0.5, 0.6) is 0 Å². The Hall–Kier alpha value is -1.09. The quantitative estimate of drug-likeness (QED) is 0.695. The summed E-state index contributed by atoms with van der Waals surface area (Å²) >= 11 is 0. The van der Waals surface area contributed by atoms with Crippen LogP contribution in [-0.2, 0) is 7.05 Å². The topological polar surface area (TPSA) is 25.2 Å². The van der Waals surface area contributed by atoms with Crippen molar-refractivity contribution in [2.24, 2.45) is 18.9 Å². The summed E-state index contributed by atoms with van der Waals surface area (Å²) < 4.78 is 1.89. The van der Waals surface area contributed by atoms with Gasteiger partial charge >= 0.3 is 0 Å². The van der Waals surface area contributed by atoms with Gasteiger partial charge in [-0.05, 0) is 24.0 Å². The second-order valence-electron chi connectivity index (χ2n) is 5.91. The monoisotopic (exact) mass is 250 g/mol. The Labute approximate surface area is 111 Å². The molecule has 0 amide bonds. The molecule has 0 aliphatic carbocycles. The minimum absolute atomic E-state index is 0.212. The first-order chi connectivity index (χ1) is 8.40. The number of rotatable bonds is 7. The van der Waals surface area contributed by atoms with E-state index in [0.29, 0.717) is 18.4 Å². The van der Waals surface area contributed by atoms with Gasteiger partial charge in [-0.3, -0.25) is 9.69 Å². The van der Waals surface area contributed by atoms with Gasteiger partial charge in [0.2, 0.25) is 0 Å². The van der Waals surface area contributed by atoms with E-state index in [1.807, 2.05) is 29.9 Å². The molecule has 0 saturated carbocycles. The van der Waals surface area contributed by atoms with E-state index in [2.05, 4.69) is 32.6 Å². The maximum absolute atomic E-state index is 12.2. The highest BCUT2D eigenvalue weighted by molar-refractivity contribution is 5.96. The molecule has 0 fully saturated rings. The number of aryl methyl sites for hydroxylation is 1. The lowest BCUT2D eigenvalue weighted by Crippen LogP contribution is -2.36. The van der Waals surface area contributed by atoms with Gasteiger partial charge in [0.05, 0.1) is 12.2 Å². The highest BCUT2D eigenvalue weighted by Crippen LogP contribution is 2.07. The molecular weight excluding hydrogens is 224 g/mol. The van der Waals surface area contributed by atoms with Crippen molar-refractivity contribution in [2.45, 2.75) is 27.7 Å². The lowest BCUT2D eigenvalue weighted by Gasteiger charge is -2.25. The third kappa shape index (κ3) is 4.65. The van der Waals surface area contributed by atoms with Crippen LogP contribution in [0.4, 0.5) is 0 Å². The van der Waals surface area contributed by atoms with Crippen molar-refractivity contribution in [2.75, 3.05) is 19.6 Å². The van der Waals surface area contributed by atoms with Crippen LogP contribution in [0.25, 0.3) is 0 Å². The Morgan fingerprint density at radius 3 is 2.17 bits per heavy atom. The van der Waals surface area contributed by atoms with Crippen LogP contribution in [0.3, 0.4) is 0 Å². The largest absolute Gasteiger partial charge is 0.348 e. The third-order valence-corrected chi connectivity index (χ3v) is 2.84. The first kappa shape index (κ1) is 15.0. The summed E-state index contributed by atoms with van der Waals surface area (Å²) in [6.07, 6.45) is 1.92. The van der Waals surface area contributed by atoms with E-state index in [9.17, 15) is 4.79 Å². The molecular formula is C15H26N2O. The number of Topliss-reactive ketones (excluding diaryl/α,β-unsaturated/α-hetero) is 1. The molecule has 0 N–H and O–H groups in total. The van der Waals surface area contributed by atoms with Crippen LogP contribution >= 0.6 is 0 Å². The summed E-state index contributed by atoms with van der Waals surface area (Å²) in [5.74, 6) is 1.39. The van der Waals surface area contributed by atoms with Gasteiger partial charge in [-0.15, -0.1) is 0 Å². The van der Waals surface area contributed by atoms with E-state index in [1.165, 1.54) is 0 Å². The van der Waals surface area contributed by atoms with Crippen molar-refractivity contribution in [1.82, 2.24) is 9.47 Å². The molecule has 3 heteroatoms. The average Bonchev–Trinajstić information content (AvgIpc) is 2.61. The maximum atomic E-state index is 12.2. The summed E-state index contributed by atoms with van der Waals surface area (Å²) in [6.45, 7) is 11.3. The van der Waals surface area contributed by atoms with E-state index < -0.39 is 0 Å². The number of hydrogen-bond acceptors (Lipinski definition) is 2. The van der Waals surface area contributed by atoms with Crippen molar-refractivity contribution < 1.29 is 4.79 Å². The normalized spacial score (nSPS) is 11.8. The summed E-state index contributed by atoms with van der Waals surface area (Å²) in [6, 6.07) is 3.81. The fourth-order valence-corrected chi connectivity index (χ4v) is 2.27. The molecule has 0 aliphatic heterocycles. The zero-order valence-electron chi connectivity index (χ0n) is 12.3. The summed E-state index contributed by atoms with van der Waals surface area (Å²) in [4.78, 5) is 14.5. The molecule has 3 nitrogen and oxygen atoms in total. The van der Waals surface area contributed by atoms with Gasteiger partial charge in [-0.25, -0.2) is 0 Å². The summed E-state index contributed by atoms with van der Waals surface area (Å²) in [5.41, 5.74) is 0.799. The molecule has 0 saturated heterocycles. The smallest absolute Gasteiger partial charge is 0.193 e. The number of carbonyl (C=O) groups excluding carboxylic acids is 1. The molecule has 1 aromatic rings. The number of ketones is 1. The maximum Gasteiger partial charge on any atom is 0.193 e. The van der Waals surface area contributed by atoms with E-state index in [0.717, 1.165) is 18.8 Å². The molecule has 0 unspecified atom stereocenters. The van der Waals surface area contributed by atoms with Crippen molar-refractivity contribution in [3.8, 4) is 0 Å². The second-order valence-corrected chi connectivity index (χ2v) is 5.91. The zero-order valence-corrected chi connectivity index (χ0v) is 12.3. The van der Waals surface area contributed by atoms with Gasteiger partial charge in [0.15, 0.2) is 5.78 Å². The van der Waals surface area contributed by atoms with Crippen LogP contribution in [-0.4, -0.2) is 34.9 Å². The number of hydrogen-bond donors (Lipinski definition) is 0. The Bertz CT molecular complexity index is 370. The molecule has 0 aliphatic rings. The van der Waals surface area contributed by atoms with Crippen LogP contribution in [0.15, 0.2) is 18.3 Å². The predicted octanol–water partition coefficient (Wildman–Crippen LogP) is 2.82. The van der Waals surface area contributed by atoms with Crippen LogP contribution < -0.4 is 0 Å². The Morgan fingerprint density at radius 1 is 1.22 bits per heavy atom. The fourth-order valence-electron chi connectivity index (χ4n) is 2.27. The number of carbonyl (C=O) groups is 1. The molecule has 102 valence electrons. The first-order valence-electron chi connectivity index (χ1n) is 6.77. The minimum atomic E-state index is 0.212. The average molecular weight is 250 g/mol. The van der Waals surface area contributed by atoms with Gasteiger partial charge < -0.3 is 4.57 Å². The minimum Gasteiger partial charge on any atom is -0.348 e. The van der Waals surface area contributed by atoms with E-state index >= 15 is 0 Å². The molecule has 1 rings (SSSR count). The molecule has 0 bridgehead atoms. The standard InChI is InChI=1S/C15H26N2O/c1-12(2)9-17(10-13(3)4)11-15(18)14-7-6-8-16(14)5/h6-8,12-13H,9-11H2,1-5H3. The van der Waals surface area contributed by atoms with Gasteiger partial charge in [0.25, 0.3) is 0 Å². The molecule has 0 aromatic carbocycles. The van der Waals surface area contributed by atoms with Gasteiger partial charge in [-0.2, -0.15) is 0 Å². The highest BCUT2D eigenvalue weighted by atomic mass is 16.1.